The van der Waals surface area contributed by atoms with Crippen LogP contribution in [0.1, 0.15) is 10.5 Å². The fraction of sp³-hybridized carbons (Fsp3) is 0.267. The van der Waals surface area contributed by atoms with Crippen molar-refractivity contribution in [2.45, 2.75) is 0 Å². The fourth-order valence-electron chi connectivity index (χ4n) is 2.37. The SMILES string of the molecule is Nc1ccc(N2CCN(C(=O)c3ccccn3)CC2)nc1. The van der Waals surface area contributed by atoms with Crippen molar-refractivity contribution in [3.8, 4) is 0 Å². The third kappa shape index (κ3) is 2.94. The van der Waals surface area contributed by atoms with Gasteiger partial charge in [-0.3, -0.25) is 9.78 Å². The largest absolute Gasteiger partial charge is 0.397 e. The lowest BCUT2D eigenvalue weighted by atomic mass is 10.2. The van der Waals surface area contributed by atoms with Crippen LogP contribution < -0.4 is 10.6 Å². The van der Waals surface area contributed by atoms with Gasteiger partial charge < -0.3 is 15.5 Å². The lowest BCUT2D eigenvalue weighted by Gasteiger charge is -2.35. The minimum absolute atomic E-state index is 0.0134. The van der Waals surface area contributed by atoms with E-state index in [1.54, 1.807) is 18.5 Å². The molecule has 1 aliphatic heterocycles. The number of rotatable bonds is 2. The Morgan fingerprint density at radius 3 is 2.48 bits per heavy atom. The van der Waals surface area contributed by atoms with Crippen LogP contribution in [-0.2, 0) is 0 Å². The first-order valence-corrected chi connectivity index (χ1v) is 6.91. The van der Waals surface area contributed by atoms with Crippen molar-refractivity contribution in [1.82, 2.24) is 14.9 Å². The lowest BCUT2D eigenvalue weighted by molar-refractivity contribution is 0.0740. The monoisotopic (exact) mass is 283 g/mol. The van der Waals surface area contributed by atoms with Crippen LogP contribution in [0.25, 0.3) is 0 Å². The predicted molar refractivity (Wildman–Crippen MR) is 81.0 cm³/mol. The molecule has 0 spiro atoms. The summed E-state index contributed by atoms with van der Waals surface area (Å²) in [4.78, 5) is 24.7. The molecular weight excluding hydrogens is 266 g/mol. The Morgan fingerprint density at radius 1 is 1.05 bits per heavy atom. The Morgan fingerprint density at radius 2 is 1.86 bits per heavy atom. The van der Waals surface area contributed by atoms with Crippen LogP contribution in [0.15, 0.2) is 42.7 Å². The van der Waals surface area contributed by atoms with Crippen molar-refractivity contribution in [1.29, 1.82) is 0 Å². The number of hydrogen-bond acceptors (Lipinski definition) is 5. The predicted octanol–water partition coefficient (Wildman–Crippen LogP) is 1.02. The van der Waals surface area contributed by atoms with Gasteiger partial charge in [-0.15, -0.1) is 0 Å². The third-order valence-corrected chi connectivity index (χ3v) is 3.55. The minimum atomic E-state index is -0.0134. The number of pyridine rings is 2. The molecule has 2 aromatic heterocycles. The van der Waals surface area contributed by atoms with Crippen LogP contribution in [0, 0.1) is 0 Å². The van der Waals surface area contributed by atoms with E-state index in [-0.39, 0.29) is 5.91 Å². The summed E-state index contributed by atoms with van der Waals surface area (Å²) in [7, 11) is 0. The molecule has 0 aliphatic carbocycles. The van der Waals surface area contributed by atoms with Gasteiger partial charge in [0.15, 0.2) is 0 Å². The van der Waals surface area contributed by atoms with E-state index in [2.05, 4.69) is 14.9 Å². The Bertz CT molecular complexity index is 606. The first-order chi connectivity index (χ1) is 10.2. The zero-order chi connectivity index (χ0) is 14.7. The molecule has 6 nitrogen and oxygen atoms in total. The van der Waals surface area contributed by atoms with Crippen molar-refractivity contribution < 1.29 is 4.79 Å². The molecule has 0 aromatic carbocycles. The highest BCUT2D eigenvalue weighted by molar-refractivity contribution is 5.92. The van der Waals surface area contributed by atoms with Crippen molar-refractivity contribution in [3.63, 3.8) is 0 Å². The molecule has 2 aromatic rings. The summed E-state index contributed by atoms with van der Waals surface area (Å²) < 4.78 is 0. The van der Waals surface area contributed by atoms with Gasteiger partial charge >= 0.3 is 0 Å². The number of nitrogens with two attached hydrogens (primary N) is 1. The molecule has 0 saturated carbocycles. The van der Waals surface area contributed by atoms with Crippen LogP contribution in [0.2, 0.25) is 0 Å². The maximum Gasteiger partial charge on any atom is 0.272 e. The summed E-state index contributed by atoms with van der Waals surface area (Å²) in [5.41, 5.74) is 6.79. The maximum atomic E-state index is 12.3. The molecule has 1 aliphatic rings. The Labute approximate surface area is 123 Å². The van der Waals surface area contributed by atoms with Gasteiger partial charge in [0, 0.05) is 32.4 Å². The summed E-state index contributed by atoms with van der Waals surface area (Å²) in [6.07, 6.45) is 3.29. The van der Waals surface area contributed by atoms with Crippen LogP contribution in [0.3, 0.4) is 0 Å². The number of hydrogen-bond donors (Lipinski definition) is 1. The van der Waals surface area contributed by atoms with E-state index < -0.39 is 0 Å². The number of amides is 1. The van der Waals surface area contributed by atoms with Crippen molar-refractivity contribution in [2.75, 3.05) is 36.8 Å². The first kappa shape index (κ1) is 13.4. The van der Waals surface area contributed by atoms with Gasteiger partial charge in [0.2, 0.25) is 0 Å². The van der Waals surface area contributed by atoms with Crippen LogP contribution in [0.4, 0.5) is 11.5 Å². The third-order valence-electron chi connectivity index (χ3n) is 3.55. The number of nitrogens with zero attached hydrogens (tertiary/aromatic N) is 4. The van der Waals surface area contributed by atoms with Gasteiger partial charge in [-0.2, -0.15) is 0 Å². The number of aromatic nitrogens is 2. The van der Waals surface area contributed by atoms with Crippen LogP contribution in [0.5, 0.6) is 0 Å². The van der Waals surface area contributed by atoms with Gasteiger partial charge in [-0.25, -0.2) is 4.98 Å². The van der Waals surface area contributed by atoms with Gasteiger partial charge in [0.25, 0.3) is 5.91 Å². The summed E-state index contributed by atoms with van der Waals surface area (Å²) in [6, 6.07) is 9.13. The molecule has 0 unspecified atom stereocenters. The molecule has 1 saturated heterocycles. The molecule has 3 rings (SSSR count). The van der Waals surface area contributed by atoms with E-state index in [0.717, 1.165) is 18.9 Å². The quantitative estimate of drug-likeness (QED) is 0.890. The number of nitrogen functional groups attached to an aromatic ring is 1. The average Bonchev–Trinajstić information content (AvgIpc) is 2.56. The molecule has 6 heteroatoms. The fourth-order valence-corrected chi connectivity index (χ4v) is 2.37. The number of piperazine rings is 1. The summed E-state index contributed by atoms with van der Waals surface area (Å²) in [5, 5.41) is 0. The highest BCUT2D eigenvalue weighted by atomic mass is 16.2. The standard InChI is InChI=1S/C15H17N5O/c16-12-4-5-14(18-11-12)19-7-9-20(10-8-19)15(21)13-3-1-2-6-17-13/h1-6,11H,7-10,16H2. The van der Waals surface area contributed by atoms with E-state index in [9.17, 15) is 4.79 Å². The number of carbonyl (C=O) groups excluding carboxylic acids is 1. The molecule has 3 heterocycles. The highest BCUT2D eigenvalue weighted by Gasteiger charge is 2.23. The molecule has 108 valence electrons. The van der Waals surface area contributed by atoms with Gasteiger partial charge in [-0.05, 0) is 24.3 Å². The maximum absolute atomic E-state index is 12.3. The lowest BCUT2D eigenvalue weighted by Crippen LogP contribution is -2.49. The molecule has 0 atom stereocenters. The second-order valence-electron chi connectivity index (χ2n) is 4.94. The Kier molecular flexibility index (Phi) is 3.68. The molecule has 0 bridgehead atoms. The molecule has 2 N–H and O–H groups in total. The van der Waals surface area contributed by atoms with Gasteiger partial charge in [0.1, 0.15) is 11.5 Å². The zero-order valence-electron chi connectivity index (χ0n) is 11.6. The average molecular weight is 283 g/mol. The smallest absolute Gasteiger partial charge is 0.272 e. The first-order valence-electron chi connectivity index (χ1n) is 6.91. The van der Waals surface area contributed by atoms with E-state index in [1.807, 2.05) is 29.2 Å². The molecule has 21 heavy (non-hydrogen) atoms. The van der Waals surface area contributed by atoms with E-state index in [4.69, 9.17) is 5.73 Å². The molecule has 0 radical (unpaired) electrons. The molecule has 1 amide bonds. The topological polar surface area (TPSA) is 75.3 Å². The van der Waals surface area contributed by atoms with Crippen molar-refractivity contribution in [2.24, 2.45) is 0 Å². The van der Waals surface area contributed by atoms with Crippen LogP contribution >= 0.6 is 0 Å². The van der Waals surface area contributed by atoms with Crippen molar-refractivity contribution in [3.05, 3.63) is 48.4 Å². The van der Waals surface area contributed by atoms with Gasteiger partial charge in [0.05, 0.1) is 11.9 Å². The minimum Gasteiger partial charge on any atom is -0.397 e. The van der Waals surface area contributed by atoms with E-state index in [1.165, 1.54) is 0 Å². The summed E-state index contributed by atoms with van der Waals surface area (Å²) in [6.45, 7) is 2.86. The van der Waals surface area contributed by atoms with E-state index in [0.29, 0.717) is 24.5 Å². The summed E-state index contributed by atoms with van der Waals surface area (Å²) >= 11 is 0. The normalized spacial score (nSPS) is 15.0. The van der Waals surface area contributed by atoms with Gasteiger partial charge in [-0.1, -0.05) is 6.07 Å². The Balaban J connectivity index is 1.63. The number of anilines is 2. The molecule has 1 fully saturated rings. The second-order valence-corrected chi connectivity index (χ2v) is 4.94. The molecular formula is C15H17N5O. The van der Waals surface area contributed by atoms with Crippen LogP contribution in [-0.4, -0.2) is 47.0 Å². The van der Waals surface area contributed by atoms with Crippen molar-refractivity contribution >= 4 is 17.4 Å². The van der Waals surface area contributed by atoms with E-state index >= 15 is 0 Å². The number of carbonyl (C=O) groups is 1. The summed E-state index contributed by atoms with van der Waals surface area (Å²) in [5.74, 6) is 0.884. The zero-order valence-corrected chi connectivity index (χ0v) is 11.6. The Hall–Kier alpha value is -2.63. The highest BCUT2D eigenvalue weighted by Crippen LogP contribution is 2.15. The second kappa shape index (κ2) is 5.78.